The number of hydrogen-bond donors (Lipinski definition) is 0. The third-order valence-electron chi connectivity index (χ3n) is 11.5. The van der Waals surface area contributed by atoms with Crippen molar-refractivity contribution in [3.63, 3.8) is 0 Å². The summed E-state index contributed by atoms with van der Waals surface area (Å²) in [5.41, 5.74) is 11.9. The van der Waals surface area contributed by atoms with Gasteiger partial charge in [-0.05, 0) is 78.9 Å². The van der Waals surface area contributed by atoms with E-state index in [4.69, 9.17) is 15.0 Å². The highest BCUT2D eigenvalue weighted by molar-refractivity contribution is 6.27. The molecule has 12 rings (SSSR count). The summed E-state index contributed by atoms with van der Waals surface area (Å²) in [6.07, 6.45) is 2.18. The zero-order chi connectivity index (χ0) is 38.9. The molecule has 0 aliphatic heterocycles. The molecular weight excluding hydrogens is 721 g/mol. The van der Waals surface area contributed by atoms with E-state index >= 15 is 0 Å². The highest BCUT2D eigenvalue weighted by Gasteiger charge is 2.22. The summed E-state index contributed by atoms with van der Waals surface area (Å²) in [5.74, 6) is 1.92. The largest absolute Gasteiger partial charge is 0.316 e. The maximum atomic E-state index is 5.01. The zero-order valence-corrected chi connectivity index (χ0v) is 31.8. The topological polar surface area (TPSA) is 53.5 Å². The zero-order valence-electron chi connectivity index (χ0n) is 31.8. The molecule has 12 aromatic rings. The van der Waals surface area contributed by atoms with Gasteiger partial charge in [0.15, 0.2) is 17.5 Å². The summed E-state index contributed by atoms with van der Waals surface area (Å²) >= 11 is 0. The fourth-order valence-corrected chi connectivity index (χ4v) is 8.82. The Morgan fingerprint density at radius 1 is 0.322 bits per heavy atom. The van der Waals surface area contributed by atoms with E-state index in [2.05, 4.69) is 159 Å². The van der Waals surface area contributed by atoms with Crippen LogP contribution in [0.25, 0.3) is 106 Å². The molecule has 8 aromatic carbocycles. The molecule has 59 heavy (non-hydrogen) atoms. The second kappa shape index (κ2) is 13.3. The lowest BCUT2D eigenvalue weighted by Crippen LogP contribution is -2.00. The van der Waals surface area contributed by atoms with Gasteiger partial charge in [0.1, 0.15) is 0 Å². The van der Waals surface area contributed by atoms with E-state index in [1.165, 1.54) is 38.0 Å². The van der Waals surface area contributed by atoms with Crippen molar-refractivity contribution in [2.75, 3.05) is 0 Å². The molecule has 0 spiro atoms. The maximum Gasteiger partial charge on any atom is 0.164 e. The Bertz CT molecular complexity index is 3450. The Kier molecular flexibility index (Phi) is 7.43. The van der Waals surface area contributed by atoms with Crippen LogP contribution in [0.1, 0.15) is 0 Å². The van der Waals surface area contributed by atoms with Crippen LogP contribution in [-0.2, 0) is 0 Å². The summed E-state index contributed by atoms with van der Waals surface area (Å²) < 4.78 is 7.14. The van der Waals surface area contributed by atoms with Gasteiger partial charge in [-0.2, -0.15) is 0 Å². The van der Waals surface area contributed by atoms with E-state index in [9.17, 15) is 0 Å². The Hall–Kier alpha value is -8.09. The smallest absolute Gasteiger partial charge is 0.164 e. The second-order valence-corrected chi connectivity index (χ2v) is 14.9. The van der Waals surface area contributed by atoms with Gasteiger partial charge in [0.25, 0.3) is 0 Å². The molecule has 0 aliphatic carbocycles. The lowest BCUT2D eigenvalue weighted by Gasteiger charge is -2.11. The number of aromatic nitrogens is 6. The molecule has 4 heterocycles. The molecule has 0 aliphatic rings. The molecule has 6 nitrogen and oxygen atoms in total. The predicted octanol–water partition coefficient (Wildman–Crippen LogP) is 13.0. The van der Waals surface area contributed by atoms with Gasteiger partial charge >= 0.3 is 0 Å². The average Bonchev–Trinajstić information content (AvgIpc) is 3.99. The molecular formula is C53H34N6. The van der Waals surface area contributed by atoms with E-state index in [0.29, 0.717) is 17.5 Å². The van der Waals surface area contributed by atoms with Crippen molar-refractivity contribution in [2.45, 2.75) is 0 Å². The molecule has 4 aromatic heterocycles. The number of para-hydroxylation sites is 3. The summed E-state index contributed by atoms with van der Waals surface area (Å²) in [7, 11) is 0. The lowest BCUT2D eigenvalue weighted by molar-refractivity contribution is 1.07. The lowest BCUT2D eigenvalue weighted by atomic mass is 10.1. The molecule has 6 heteroatoms. The Labute approximate surface area is 339 Å². The van der Waals surface area contributed by atoms with Gasteiger partial charge < -0.3 is 13.7 Å². The number of hydrogen-bond acceptors (Lipinski definition) is 3. The van der Waals surface area contributed by atoms with Crippen molar-refractivity contribution in [1.29, 1.82) is 0 Å². The van der Waals surface area contributed by atoms with Crippen LogP contribution in [0.2, 0.25) is 0 Å². The van der Waals surface area contributed by atoms with Gasteiger partial charge in [-0.1, -0.05) is 121 Å². The first-order valence-corrected chi connectivity index (χ1v) is 19.9. The van der Waals surface area contributed by atoms with Crippen LogP contribution in [0.3, 0.4) is 0 Å². The molecule has 0 atom stereocenters. The summed E-state index contributed by atoms with van der Waals surface area (Å²) in [4.78, 5) is 14.9. The maximum absolute atomic E-state index is 5.01. The Morgan fingerprint density at radius 3 is 1.51 bits per heavy atom. The highest BCUT2D eigenvalue weighted by atomic mass is 15.0. The fraction of sp³-hybridized carbons (Fsp3) is 0. The van der Waals surface area contributed by atoms with Crippen LogP contribution in [-0.4, -0.2) is 28.7 Å². The van der Waals surface area contributed by atoms with E-state index in [1.807, 2.05) is 60.7 Å². The Morgan fingerprint density at radius 2 is 0.864 bits per heavy atom. The molecule has 0 saturated carbocycles. The summed E-state index contributed by atoms with van der Waals surface area (Å²) in [6.45, 7) is 0. The third-order valence-corrected chi connectivity index (χ3v) is 11.5. The van der Waals surface area contributed by atoms with Crippen LogP contribution in [0, 0.1) is 0 Å². The van der Waals surface area contributed by atoms with E-state index < -0.39 is 0 Å². The Balaban J connectivity index is 1.10. The van der Waals surface area contributed by atoms with E-state index in [-0.39, 0.29) is 0 Å². The highest BCUT2D eigenvalue weighted by Crippen LogP contribution is 2.43. The minimum Gasteiger partial charge on any atom is -0.316 e. The first kappa shape index (κ1) is 33.1. The second-order valence-electron chi connectivity index (χ2n) is 14.9. The van der Waals surface area contributed by atoms with Gasteiger partial charge in [0.2, 0.25) is 0 Å². The molecule has 0 unspecified atom stereocenters. The molecule has 0 N–H and O–H groups in total. The van der Waals surface area contributed by atoms with Crippen LogP contribution >= 0.6 is 0 Å². The predicted molar refractivity (Wildman–Crippen MR) is 242 cm³/mol. The SMILES string of the molecule is c1ccc(-c2nc(-c3ccccc3)nc(-c3ccc(-n4c5ccccc5c5ccc6c(c7cc8ccn(-c9ccccc9)c8cc7n6-c6ccccc6)c54)cc3)n2)cc1. The average molecular weight is 755 g/mol. The van der Waals surface area contributed by atoms with Gasteiger partial charge in [0, 0.05) is 66.9 Å². The van der Waals surface area contributed by atoms with Crippen molar-refractivity contribution in [2.24, 2.45) is 0 Å². The van der Waals surface area contributed by atoms with Crippen LogP contribution in [0.15, 0.2) is 206 Å². The van der Waals surface area contributed by atoms with Crippen molar-refractivity contribution in [3.05, 3.63) is 206 Å². The quantitative estimate of drug-likeness (QED) is 0.170. The van der Waals surface area contributed by atoms with Gasteiger partial charge in [-0.3, -0.25) is 0 Å². The molecule has 276 valence electrons. The summed E-state index contributed by atoms with van der Waals surface area (Å²) in [6, 6.07) is 70.5. The third kappa shape index (κ3) is 5.31. The first-order chi connectivity index (χ1) is 29.3. The molecule has 0 fully saturated rings. The standard InChI is InChI=1S/C53H34N6/c1-5-15-35(16-6-1)51-54-52(36-17-7-2-8-18-36)56-53(55-51)37-25-27-41(28-26-37)59-45-24-14-13-23-42(45)43-29-30-46-49(50(43)59)44-33-38-31-32-57(39-19-9-3-10-20-39)47(38)34-48(44)58(46)40-21-11-4-12-22-40/h1-34H. The summed E-state index contributed by atoms with van der Waals surface area (Å²) in [5, 5.41) is 6.04. The molecule has 0 saturated heterocycles. The van der Waals surface area contributed by atoms with Crippen LogP contribution < -0.4 is 0 Å². The molecule has 0 amide bonds. The van der Waals surface area contributed by atoms with Crippen molar-refractivity contribution >= 4 is 54.5 Å². The fourth-order valence-electron chi connectivity index (χ4n) is 8.82. The number of nitrogens with zero attached hydrogens (tertiary/aromatic N) is 6. The van der Waals surface area contributed by atoms with E-state index in [0.717, 1.165) is 50.3 Å². The number of rotatable bonds is 6. The van der Waals surface area contributed by atoms with Gasteiger partial charge in [-0.25, -0.2) is 15.0 Å². The van der Waals surface area contributed by atoms with Crippen molar-refractivity contribution in [1.82, 2.24) is 28.7 Å². The molecule has 0 radical (unpaired) electrons. The monoisotopic (exact) mass is 754 g/mol. The van der Waals surface area contributed by atoms with Crippen LogP contribution in [0.4, 0.5) is 0 Å². The number of benzene rings is 8. The van der Waals surface area contributed by atoms with Gasteiger partial charge in [-0.15, -0.1) is 0 Å². The number of fused-ring (bicyclic) bond motifs is 8. The first-order valence-electron chi connectivity index (χ1n) is 19.9. The van der Waals surface area contributed by atoms with E-state index in [1.54, 1.807) is 0 Å². The molecule has 0 bridgehead atoms. The van der Waals surface area contributed by atoms with Gasteiger partial charge in [0.05, 0.1) is 27.6 Å². The van der Waals surface area contributed by atoms with Crippen molar-refractivity contribution in [3.8, 4) is 51.2 Å². The minimum absolute atomic E-state index is 0.631. The van der Waals surface area contributed by atoms with Crippen LogP contribution in [0.5, 0.6) is 0 Å². The normalized spacial score (nSPS) is 11.7. The minimum atomic E-state index is 0.631. The van der Waals surface area contributed by atoms with Crippen molar-refractivity contribution < 1.29 is 0 Å².